The van der Waals surface area contributed by atoms with Crippen LogP contribution in [0.15, 0.2) is 79.0 Å². The molecule has 1 aliphatic heterocycles. The summed E-state index contributed by atoms with van der Waals surface area (Å²) in [5, 5.41) is 1.05. The molecule has 1 aliphatic rings. The van der Waals surface area contributed by atoms with Gasteiger partial charge in [0, 0.05) is 29.2 Å². The van der Waals surface area contributed by atoms with E-state index in [1.54, 1.807) is 37.3 Å². The number of anilines is 1. The van der Waals surface area contributed by atoms with E-state index in [2.05, 4.69) is 4.98 Å². The number of amides is 3. The number of hydrogen-bond acceptors (Lipinski definition) is 5. The first-order valence-electron chi connectivity index (χ1n) is 12.9. The highest BCUT2D eigenvalue weighted by molar-refractivity contribution is 6.23. The van der Waals surface area contributed by atoms with Crippen LogP contribution in [0.1, 0.15) is 45.2 Å². The Labute approximate surface area is 226 Å². The molecule has 0 radical (unpaired) electrons. The number of benzene rings is 3. The number of fused-ring (bicyclic) bond motifs is 1. The van der Waals surface area contributed by atoms with Gasteiger partial charge in [0.05, 0.1) is 24.3 Å². The second-order valence-corrected chi connectivity index (χ2v) is 9.53. The van der Waals surface area contributed by atoms with Gasteiger partial charge in [0.25, 0.3) is 11.8 Å². The van der Waals surface area contributed by atoms with Crippen molar-refractivity contribution >= 4 is 40.3 Å². The Kier molecular flexibility index (Phi) is 7.27. The molecule has 1 fully saturated rings. The fourth-order valence-electron chi connectivity index (χ4n) is 5.01. The van der Waals surface area contributed by atoms with Gasteiger partial charge in [0.2, 0.25) is 5.91 Å². The van der Waals surface area contributed by atoms with E-state index in [0.29, 0.717) is 23.2 Å². The SMILES string of the molecule is CCOC(=O)c1ccc(N2C(=O)CC(N(CCc3c[nH]c4ccccc34)C(=O)c3cccc(C)c3)C2=O)cc1. The van der Waals surface area contributed by atoms with Crippen LogP contribution in [0, 0.1) is 6.92 Å². The Hall–Kier alpha value is -4.72. The van der Waals surface area contributed by atoms with E-state index in [1.807, 2.05) is 43.5 Å². The first-order chi connectivity index (χ1) is 18.9. The third-order valence-corrected chi connectivity index (χ3v) is 6.96. The molecule has 1 unspecified atom stereocenters. The number of aryl methyl sites for hydroxylation is 1. The monoisotopic (exact) mass is 523 g/mol. The molecule has 198 valence electrons. The number of imide groups is 1. The molecule has 8 nitrogen and oxygen atoms in total. The Bertz CT molecular complexity index is 1560. The van der Waals surface area contributed by atoms with E-state index >= 15 is 0 Å². The number of aromatic amines is 1. The van der Waals surface area contributed by atoms with E-state index in [-0.39, 0.29) is 25.5 Å². The number of aromatic nitrogens is 1. The maximum absolute atomic E-state index is 13.8. The lowest BCUT2D eigenvalue weighted by Gasteiger charge is -2.28. The minimum Gasteiger partial charge on any atom is -0.462 e. The van der Waals surface area contributed by atoms with Gasteiger partial charge in [0.1, 0.15) is 6.04 Å². The molecule has 0 spiro atoms. The van der Waals surface area contributed by atoms with Gasteiger partial charge in [-0.1, -0.05) is 35.9 Å². The number of nitrogens with one attached hydrogen (secondary N) is 1. The number of carbonyl (C=O) groups is 4. The van der Waals surface area contributed by atoms with E-state index in [9.17, 15) is 19.2 Å². The van der Waals surface area contributed by atoms with E-state index in [0.717, 1.165) is 26.9 Å². The van der Waals surface area contributed by atoms with E-state index in [4.69, 9.17) is 4.74 Å². The fourth-order valence-corrected chi connectivity index (χ4v) is 5.01. The molecular formula is C31H29N3O5. The Morgan fingerprint density at radius 3 is 2.51 bits per heavy atom. The van der Waals surface area contributed by atoms with E-state index < -0.39 is 23.8 Å². The van der Waals surface area contributed by atoms with Crippen LogP contribution >= 0.6 is 0 Å². The maximum Gasteiger partial charge on any atom is 0.338 e. The molecule has 2 heterocycles. The van der Waals surface area contributed by atoms with Gasteiger partial charge in [-0.05, 0) is 68.3 Å². The van der Waals surface area contributed by atoms with Crippen molar-refractivity contribution in [2.75, 3.05) is 18.1 Å². The quantitative estimate of drug-likeness (QED) is 0.267. The summed E-state index contributed by atoms with van der Waals surface area (Å²) in [5.74, 6) is -1.65. The first kappa shape index (κ1) is 25.9. The summed E-state index contributed by atoms with van der Waals surface area (Å²) >= 11 is 0. The lowest BCUT2D eigenvalue weighted by Crippen LogP contribution is -2.46. The maximum atomic E-state index is 13.8. The van der Waals surface area contributed by atoms with Crippen LogP contribution in [0.5, 0.6) is 0 Å². The number of para-hydroxylation sites is 1. The van der Waals surface area contributed by atoms with Gasteiger partial charge in [-0.15, -0.1) is 0 Å². The molecule has 3 aromatic carbocycles. The lowest BCUT2D eigenvalue weighted by atomic mass is 10.1. The number of rotatable bonds is 8. The molecule has 0 aliphatic carbocycles. The zero-order valence-corrected chi connectivity index (χ0v) is 21.8. The van der Waals surface area contributed by atoms with Crippen molar-refractivity contribution in [3.63, 3.8) is 0 Å². The summed E-state index contributed by atoms with van der Waals surface area (Å²) in [6.45, 7) is 4.12. The van der Waals surface area contributed by atoms with Crippen molar-refractivity contribution in [1.82, 2.24) is 9.88 Å². The zero-order chi connectivity index (χ0) is 27.5. The van der Waals surface area contributed by atoms with Crippen LogP contribution in [0.4, 0.5) is 5.69 Å². The van der Waals surface area contributed by atoms with Crippen molar-refractivity contribution in [3.05, 3.63) is 101 Å². The lowest BCUT2D eigenvalue weighted by molar-refractivity contribution is -0.122. The molecule has 5 rings (SSSR count). The zero-order valence-electron chi connectivity index (χ0n) is 21.8. The van der Waals surface area contributed by atoms with E-state index in [1.165, 1.54) is 17.0 Å². The van der Waals surface area contributed by atoms with Gasteiger partial charge in [0.15, 0.2) is 0 Å². The van der Waals surface area contributed by atoms with Gasteiger partial charge in [-0.3, -0.25) is 14.4 Å². The summed E-state index contributed by atoms with van der Waals surface area (Å²) in [4.78, 5) is 58.4. The molecule has 3 amide bonds. The molecule has 0 bridgehead atoms. The molecule has 4 aromatic rings. The largest absolute Gasteiger partial charge is 0.462 e. The standard InChI is InChI=1S/C31H29N3O5/c1-3-39-31(38)21-11-13-24(14-12-21)34-28(35)18-27(30(34)37)33(29(36)22-8-6-7-20(2)17-22)16-15-23-19-32-26-10-5-4-9-25(23)26/h4-14,17,19,27,32H,3,15-16,18H2,1-2H3. The summed E-state index contributed by atoms with van der Waals surface area (Å²) in [6.07, 6.45) is 2.30. The molecule has 1 atom stereocenters. The molecule has 39 heavy (non-hydrogen) atoms. The molecule has 8 heteroatoms. The number of esters is 1. The van der Waals surface area contributed by atoms with Crippen molar-refractivity contribution in [2.45, 2.75) is 32.7 Å². The van der Waals surface area contributed by atoms with Crippen LogP contribution in [0.3, 0.4) is 0 Å². The van der Waals surface area contributed by atoms with Crippen molar-refractivity contribution in [3.8, 4) is 0 Å². The van der Waals surface area contributed by atoms with Crippen LogP contribution in [-0.4, -0.2) is 52.8 Å². The number of hydrogen-bond donors (Lipinski definition) is 1. The molecule has 0 saturated carbocycles. The topological polar surface area (TPSA) is 99.8 Å². The first-order valence-corrected chi connectivity index (χ1v) is 12.9. The summed E-state index contributed by atoms with van der Waals surface area (Å²) < 4.78 is 5.01. The van der Waals surface area contributed by atoms with Crippen molar-refractivity contribution < 1.29 is 23.9 Å². The third kappa shape index (κ3) is 5.18. The Morgan fingerprint density at radius 1 is 1.00 bits per heavy atom. The predicted molar refractivity (Wildman–Crippen MR) is 148 cm³/mol. The highest BCUT2D eigenvalue weighted by Gasteiger charge is 2.44. The Morgan fingerprint density at radius 2 is 1.77 bits per heavy atom. The summed E-state index contributed by atoms with van der Waals surface area (Å²) in [7, 11) is 0. The average Bonchev–Trinajstić information content (AvgIpc) is 3.49. The van der Waals surface area contributed by atoms with Crippen LogP contribution in [-0.2, 0) is 20.7 Å². The predicted octanol–water partition coefficient (Wildman–Crippen LogP) is 4.67. The van der Waals surface area contributed by atoms with Gasteiger partial charge in [-0.25, -0.2) is 9.69 Å². The minimum atomic E-state index is -0.944. The minimum absolute atomic E-state index is 0.121. The third-order valence-electron chi connectivity index (χ3n) is 6.96. The summed E-state index contributed by atoms with van der Waals surface area (Å²) in [6, 6.07) is 20.3. The fraction of sp³-hybridized carbons (Fsp3) is 0.226. The van der Waals surface area contributed by atoms with Crippen LogP contribution < -0.4 is 4.90 Å². The second kappa shape index (κ2) is 10.9. The number of ether oxygens (including phenoxy) is 1. The van der Waals surface area contributed by atoms with Crippen molar-refractivity contribution in [1.29, 1.82) is 0 Å². The molecule has 1 saturated heterocycles. The highest BCUT2D eigenvalue weighted by Crippen LogP contribution is 2.28. The number of H-pyrrole nitrogens is 1. The van der Waals surface area contributed by atoms with Crippen LogP contribution in [0.25, 0.3) is 10.9 Å². The number of nitrogens with zero attached hydrogens (tertiary/aromatic N) is 2. The molecule has 1 aromatic heterocycles. The second-order valence-electron chi connectivity index (χ2n) is 9.53. The van der Waals surface area contributed by atoms with Gasteiger partial charge in [-0.2, -0.15) is 0 Å². The molecular weight excluding hydrogens is 494 g/mol. The number of carbonyl (C=O) groups excluding carboxylic acids is 4. The summed E-state index contributed by atoms with van der Waals surface area (Å²) in [5.41, 5.74) is 4.08. The normalized spacial score (nSPS) is 15.1. The van der Waals surface area contributed by atoms with Crippen molar-refractivity contribution in [2.24, 2.45) is 0 Å². The van der Waals surface area contributed by atoms with Crippen LogP contribution in [0.2, 0.25) is 0 Å². The van der Waals surface area contributed by atoms with Gasteiger partial charge >= 0.3 is 5.97 Å². The smallest absolute Gasteiger partial charge is 0.338 e. The highest BCUT2D eigenvalue weighted by atomic mass is 16.5. The Balaban J connectivity index is 1.43. The molecule has 1 N–H and O–H groups in total. The van der Waals surface area contributed by atoms with Gasteiger partial charge < -0.3 is 14.6 Å². The average molecular weight is 524 g/mol.